The van der Waals surface area contributed by atoms with Crippen molar-refractivity contribution < 1.29 is 23.9 Å². The SMILES string of the molecule is CCCOC(=O)c1c(NC(=O)c2cc3nccc(-c4cnn(C)c4C)n3n2)sc(C(=O)OC)c1C. The average molecular weight is 497 g/mol. The number of amides is 1. The van der Waals surface area contributed by atoms with Gasteiger partial charge in [-0.05, 0) is 31.9 Å². The second kappa shape index (κ2) is 9.66. The fourth-order valence-electron chi connectivity index (χ4n) is 3.53. The summed E-state index contributed by atoms with van der Waals surface area (Å²) >= 11 is 0.947. The molecule has 0 aliphatic rings. The minimum Gasteiger partial charge on any atom is -0.465 e. The van der Waals surface area contributed by atoms with Gasteiger partial charge in [0.15, 0.2) is 11.3 Å². The predicted molar refractivity (Wildman–Crippen MR) is 129 cm³/mol. The van der Waals surface area contributed by atoms with Crippen LogP contribution in [-0.4, -0.2) is 55.9 Å². The maximum absolute atomic E-state index is 13.2. The molecule has 35 heavy (non-hydrogen) atoms. The quantitative estimate of drug-likeness (QED) is 0.385. The summed E-state index contributed by atoms with van der Waals surface area (Å²) in [5, 5.41) is 11.6. The van der Waals surface area contributed by atoms with Crippen molar-refractivity contribution in [1.29, 1.82) is 0 Å². The Labute approximate surface area is 204 Å². The fraction of sp³-hybridized carbons (Fsp3) is 0.304. The zero-order valence-electron chi connectivity index (χ0n) is 19.9. The molecule has 0 spiro atoms. The Kier molecular flexibility index (Phi) is 6.65. The van der Waals surface area contributed by atoms with Gasteiger partial charge in [-0.1, -0.05) is 6.92 Å². The van der Waals surface area contributed by atoms with Crippen molar-refractivity contribution in [3.63, 3.8) is 0 Å². The topological polar surface area (TPSA) is 130 Å². The van der Waals surface area contributed by atoms with E-state index in [0.29, 0.717) is 17.6 Å². The smallest absolute Gasteiger partial charge is 0.348 e. The van der Waals surface area contributed by atoms with Crippen LogP contribution in [0.1, 0.15) is 55.1 Å². The van der Waals surface area contributed by atoms with Crippen molar-refractivity contribution in [2.24, 2.45) is 7.05 Å². The number of aromatic nitrogens is 5. The molecule has 0 aromatic carbocycles. The van der Waals surface area contributed by atoms with Crippen molar-refractivity contribution in [2.75, 3.05) is 19.0 Å². The van der Waals surface area contributed by atoms with Gasteiger partial charge in [0.1, 0.15) is 9.88 Å². The van der Waals surface area contributed by atoms with E-state index in [-0.39, 0.29) is 27.7 Å². The van der Waals surface area contributed by atoms with Gasteiger partial charge in [-0.15, -0.1) is 11.3 Å². The summed E-state index contributed by atoms with van der Waals surface area (Å²) in [4.78, 5) is 42.6. The molecule has 1 amide bonds. The number of nitrogens with one attached hydrogen (secondary N) is 1. The number of nitrogens with zero attached hydrogens (tertiary/aromatic N) is 5. The molecule has 0 atom stereocenters. The third kappa shape index (κ3) is 4.39. The van der Waals surface area contributed by atoms with E-state index in [1.54, 1.807) is 40.6 Å². The van der Waals surface area contributed by atoms with Gasteiger partial charge in [-0.25, -0.2) is 19.1 Å². The lowest BCUT2D eigenvalue weighted by molar-refractivity contribution is 0.0506. The van der Waals surface area contributed by atoms with E-state index >= 15 is 0 Å². The van der Waals surface area contributed by atoms with Crippen LogP contribution in [-0.2, 0) is 16.5 Å². The molecule has 0 aliphatic carbocycles. The van der Waals surface area contributed by atoms with Crippen molar-refractivity contribution in [1.82, 2.24) is 24.4 Å². The molecule has 4 heterocycles. The Morgan fingerprint density at radius 3 is 2.63 bits per heavy atom. The number of esters is 2. The van der Waals surface area contributed by atoms with E-state index in [1.807, 2.05) is 20.9 Å². The molecular weight excluding hydrogens is 472 g/mol. The molecule has 0 fully saturated rings. The van der Waals surface area contributed by atoms with Gasteiger partial charge in [-0.3, -0.25) is 9.48 Å². The molecule has 1 N–H and O–H groups in total. The summed E-state index contributed by atoms with van der Waals surface area (Å²) in [5.74, 6) is -1.80. The number of ether oxygens (including phenoxy) is 2. The number of aryl methyl sites for hydroxylation is 1. The number of fused-ring (bicyclic) bond motifs is 1. The van der Waals surface area contributed by atoms with E-state index < -0.39 is 17.8 Å². The van der Waals surface area contributed by atoms with E-state index in [9.17, 15) is 14.4 Å². The Hall–Kier alpha value is -4.06. The molecule has 4 rings (SSSR count). The van der Waals surface area contributed by atoms with Gasteiger partial charge < -0.3 is 14.8 Å². The molecule has 11 nitrogen and oxygen atoms in total. The number of thiophene rings is 1. The lowest BCUT2D eigenvalue weighted by Crippen LogP contribution is -2.15. The molecular formula is C23H24N6O5S. The highest BCUT2D eigenvalue weighted by atomic mass is 32.1. The molecule has 0 unspecified atom stereocenters. The molecule has 0 saturated heterocycles. The average Bonchev–Trinajstić information content (AvgIpc) is 3.52. The number of anilines is 1. The predicted octanol–water partition coefficient (Wildman–Crippen LogP) is 3.41. The van der Waals surface area contributed by atoms with Crippen molar-refractivity contribution in [3.8, 4) is 11.3 Å². The number of hydrogen-bond donors (Lipinski definition) is 1. The summed E-state index contributed by atoms with van der Waals surface area (Å²) in [6.45, 7) is 5.62. The highest BCUT2D eigenvalue weighted by Gasteiger charge is 2.28. The van der Waals surface area contributed by atoms with Crippen molar-refractivity contribution >= 4 is 39.8 Å². The van der Waals surface area contributed by atoms with Crippen LogP contribution in [0.3, 0.4) is 0 Å². The number of carbonyl (C=O) groups is 3. The third-order valence-electron chi connectivity index (χ3n) is 5.49. The Morgan fingerprint density at radius 1 is 1.20 bits per heavy atom. The van der Waals surface area contributed by atoms with Crippen LogP contribution in [0.4, 0.5) is 5.00 Å². The zero-order chi connectivity index (χ0) is 25.3. The van der Waals surface area contributed by atoms with E-state index in [4.69, 9.17) is 9.47 Å². The van der Waals surface area contributed by atoms with Crippen LogP contribution in [0.25, 0.3) is 16.9 Å². The van der Waals surface area contributed by atoms with Gasteiger partial charge in [0, 0.05) is 30.6 Å². The maximum Gasteiger partial charge on any atom is 0.348 e. The lowest BCUT2D eigenvalue weighted by atomic mass is 10.1. The molecule has 0 aliphatic heterocycles. The van der Waals surface area contributed by atoms with Crippen molar-refractivity contribution in [2.45, 2.75) is 27.2 Å². The van der Waals surface area contributed by atoms with Crippen molar-refractivity contribution in [3.05, 3.63) is 51.9 Å². The number of carbonyl (C=O) groups excluding carboxylic acids is 3. The standard InChI is InChI=1S/C23H24N6O5S/c1-6-9-34-22(31)18-12(2)19(23(32)33-5)35-21(18)26-20(30)15-10-17-24-8-7-16(29(17)27-15)14-11-25-28(4)13(14)3/h7-8,10-11H,6,9H2,1-5H3,(H,26,30). The third-order valence-corrected chi connectivity index (χ3v) is 6.68. The summed E-state index contributed by atoms with van der Waals surface area (Å²) in [6.07, 6.45) is 3.99. The van der Waals surface area contributed by atoms with Crippen LogP contribution in [0.5, 0.6) is 0 Å². The molecule has 182 valence electrons. The normalized spacial score (nSPS) is 11.0. The molecule has 0 radical (unpaired) electrons. The van der Waals surface area contributed by atoms with Gasteiger partial charge in [0.05, 0.1) is 31.2 Å². The first-order chi connectivity index (χ1) is 16.8. The molecule has 4 aromatic rings. The first kappa shape index (κ1) is 24.1. The van der Waals surface area contributed by atoms with Crippen LogP contribution >= 0.6 is 11.3 Å². The lowest BCUT2D eigenvalue weighted by Gasteiger charge is -2.07. The minimum absolute atomic E-state index is 0.0880. The van der Waals surface area contributed by atoms with Crippen LogP contribution in [0, 0.1) is 13.8 Å². The molecule has 12 heteroatoms. The Morgan fingerprint density at radius 2 is 1.97 bits per heavy atom. The van der Waals surface area contributed by atoms with Gasteiger partial charge in [0.2, 0.25) is 0 Å². The van der Waals surface area contributed by atoms with Gasteiger partial charge >= 0.3 is 11.9 Å². The first-order valence-electron chi connectivity index (χ1n) is 10.8. The van der Waals surface area contributed by atoms with Crippen LogP contribution in [0.2, 0.25) is 0 Å². The molecule has 0 bridgehead atoms. The Bertz CT molecular complexity index is 1450. The van der Waals surface area contributed by atoms with E-state index in [2.05, 4.69) is 20.5 Å². The summed E-state index contributed by atoms with van der Waals surface area (Å²) < 4.78 is 13.4. The fourth-order valence-corrected chi connectivity index (χ4v) is 4.64. The summed E-state index contributed by atoms with van der Waals surface area (Å²) in [5.41, 5.74) is 3.56. The largest absolute Gasteiger partial charge is 0.465 e. The van der Waals surface area contributed by atoms with Crippen LogP contribution in [0.15, 0.2) is 24.5 Å². The van der Waals surface area contributed by atoms with E-state index in [0.717, 1.165) is 28.3 Å². The molecule has 0 saturated carbocycles. The number of hydrogen-bond acceptors (Lipinski definition) is 9. The summed E-state index contributed by atoms with van der Waals surface area (Å²) in [7, 11) is 3.09. The minimum atomic E-state index is -0.628. The van der Waals surface area contributed by atoms with Gasteiger partial charge in [0.25, 0.3) is 5.91 Å². The zero-order valence-corrected chi connectivity index (χ0v) is 20.7. The second-order valence-electron chi connectivity index (χ2n) is 7.74. The number of rotatable bonds is 7. The monoisotopic (exact) mass is 496 g/mol. The number of methoxy groups -OCH3 is 1. The van der Waals surface area contributed by atoms with Crippen LogP contribution < -0.4 is 5.32 Å². The first-order valence-corrected chi connectivity index (χ1v) is 11.6. The molecule has 4 aromatic heterocycles. The highest BCUT2D eigenvalue weighted by molar-refractivity contribution is 7.18. The van der Waals surface area contributed by atoms with Gasteiger partial charge in [-0.2, -0.15) is 10.2 Å². The highest BCUT2D eigenvalue weighted by Crippen LogP contribution is 2.34. The Balaban J connectivity index is 1.71. The summed E-state index contributed by atoms with van der Waals surface area (Å²) in [6, 6.07) is 3.33. The maximum atomic E-state index is 13.2. The second-order valence-corrected chi connectivity index (χ2v) is 8.76. The van der Waals surface area contributed by atoms with E-state index in [1.165, 1.54) is 7.11 Å².